The number of benzene rings is 2. The molecule has 2 aliphatic heterocycles. The molecule has 7 nitrogen and oxygen atoms in total. The molecule has 1 saturated heterocycles. The van der Waals surface area contributed by atoms with Gasteiger partial charge in [0.25, 0.3) is 11.8 Å². The van der Waals surface area contributed by atoms with Crippen LogP contribution in [0.1, 0.15) is 47.1 Å². The van der Waals surface area contributed by atoms with Crippen LogP contribution in [0.15, 0.2) is 71.3 Å². The maximum absolute atomic E-state index is 13.6. The van der Waals surface area contributed by atoms with E-state index in [0.29, 0.717) is 43.1 Å². The number of anilines is 1. The molecular weight excluding hydrogens is 512 g/mol. The fourth-order valence-electron chi connectivity index (χ4n) is 5.21. The SMILES string of the molecule is Cc1cc(-c2ccc(N3C(=O)C(O)=C(C(=O)CC(C)C)C3c3ccccc3C(=O)N3CCOCC3)cc2)cs1. The van der Waals surface area contributed by atoms with E-state index in [0.717, 1.165) is 11.1 Å². The number of ether oxygens (including phenoxy) is 1. The molecule has 0 spiro atoms. The third-order valence-electron chi connectivity index (χ3n) is 7.10. The lowest BCUT2D eigenvalue weighted by Crippen LogP contribution is -2.41. The summed E-state index contributed by atoms with van der Waals surface area (Å²) in [5, 5.41) is 13.2. The lowest BCUT2D eigenvalue weighted by atomic mass is 9.89. The van der Waals surface area contributed by atoms with Gasteiger partial charge in [-0.25, -0.2) is 0 Å². The van der Waals surface area contributed by atoms with E-state index in [2.05, 4.69) is 18.4 Å². The molecule has 0 radical (unpaired) electrons. The smallest absolute Gasteiger partial charge is 0.294 e. The number of hydrogen-bond acceptors (Lipinski definition) is 6. The van der Waals surface area contributed by atoms with Gasteiger partial charge in [0.15, 0.2) is 11.5 Å². The third-order valence-corrected chi connectivity index (χ3v) is 7.96. The molecule has 8 heteroatoms. The third kappa shape index (κ3) is 5.27. The molecule has 3 heterocycles. The normalized spacial score (nSPS) is 17.8. The first-order valence-electron chi connectivity index (χ1n) is 13.2. The van der Waals surface area contributed by atoms with E-state index in [9.17, 15) is 19.5 Å². The van der Waals surface area contributed by atoms with Crippen molar-refractivity contribution in [3.8, 4) is 11.1 Å². The van der Waals surface area contributed by atoms with Crippen LogP contribution in [-0.2, 0) is 14.3 Å². The number of carbonyl (C=O) groups is 3. The largest absolute Gasteiger partial charge is 0.503 e. The Balaban J connectivity index is 1.60. The van der Waals surface area contributed by atoms with Crippen molar-refractivity contribution in [1.82, 2.24) is 4.90 Å². The van der Waals surface area contributed by atoms with Gasteiger partial charge in [-0.2, -0.15) is 0 Å². The summed E-state index contributed by atoms with van der Waals surface area (Å²) < 4.78 is 5.42. The van der Waals surface area contributed by atoms with Crippen LogP contribution < -0.4 is 4.90 Å². The molecule has 2 amide bonds. The molecule has 2 aromatic carbocycles. The summed E-state index contributed by atoms with van der Waals surface area (Å²) in [6.45, 7) is 7.72. The van der Waals surface area contributed by atoms with E-state index in [1.54, 1.807) is 40.5 Å². The number of aliphatic hydroxyl groups is 1. The van der Waals surface area contributed by atoms with Gasteiger partial charge in [-0.15, -0.1) is 11.3 Å². The van der Waals surface area contributed by atoms with Gasteiger partial charge >= 0.3 is 0 Å². The first-order chi connectivity index (χ1) is 18.8. The highest BCUT2D eigenvalue weighted by Crippen LogP contribution is 2.43. The van der Waals surface area contributed by atoms with Crippen molar-refractivity contribution in [2.75, 3.05) is 31.2 Å². The number of aliphatic hydroxyl groups excluding tert-OH is 1. The number of hydrogen-bond donors (Lipinski definition) is 1. The summed E-state index contributed by atoms with van der Waals surface area (Å²) in [6, 6.07) is 15.7. The number of thiophene rings is 1. The van der Waals surface area contributed by atoms with Crippen molar-refractivity contribution < 1.29 is 24.2 Å². The molecule has 0 saturated carbocycles. The maximum Gasteiger partial charge on any atom is 0.294 e. The zero-order valence-corrected chi connectivity index (χ0v) is 23.2. The molecule has 0 bridgehead atoms. The molecule has 5 rings (SSSR count). The minimum Gasteiger partial charge on any atom is -0.503 e. The second kappa shape index (κ2) is 11.2. The van der Waals surface area contributed by atoms with Gasteiger partial charge in [0.05, 0.1) is 24.8 Å². The fraction of sp³-hybridized carbons (Fsp3) is 0.323. The summed E-state index contributed by atoms with van der Waals surface area (Å²) >= 11 is 1.67. The first kappa shape index (κ1) is 26.8. The van der Waals surface area contributed by atoms with Gasteiger partial charge in [0, 0.05) is 35.6 Å². The topological polar surface area (TPSA) is 87.2 Å². The molecule has 1 fully saturated rings. The predicted molar refractivity (Wildman–Crippen MR) is 152 cm³/mol. The van der Waals surface area contributed by atoms with Gasteiger partial charge in [-0.05, 0) is 59.2 Å². The zero-order chi connectivity index (χ0) is 27.7. The number of rotatable bonds is 7. The van der Waals surface area contributed by atoms with Crippen LogP contribution in [0.3, 0.4) is 0 Å². The molecule has 0 aliphatic carbocycles. The molecular formula is C31H32N2O5S. The van der Waals surface area contributed by atoms with Crippen molar-refractivity contribution in [3.63, 3.8) is 0 Å². The number of ketones is 1. The number of amides is 2. The molecule has 1 atom stereocenters. The minimum absolute atomic E-state index is 0.0289. The Kier molecular flexibility index (Phi) is 7.68. The van der Waals surface area contributed by atoms with Gasteiger partial charge in [0.1, 0.15) is 0 Å². The quantitative estimate of drug-likeness (QED) is 0.412. The maximum atomic E-state index is 13.6. The van der Waals surface area contributed by atoms with Crippen LogP contribution in [0.25, 0.3) is 11.1 Å². The minimum atomic E-state index is -0.931. The van der Waals surface area contributed by atoms with Crippen molar-refractivity contribution >= 4 is 34.6 Å². The van der Waals surface area contributed by atoms with Gasteiger partial charge < -0.3 is 14.7 Å². The fourth-order valence-corrected chi connectivity index (χ4v) is 5.92. The highest BCUT2D eigenvalue weighted by molar-refractivity contribution is 7.10. The van der Waals surface area contributed by atoms with Crippen LogP contribution in [0.5, 0.6) is 0 Å². The number of Topliss-reactive ketones (excluding diaryl/α,β-unsaturated/α-hetero) is 1. The monoisotopic (exact) mass is 544 g/mol. The Morgan fingerprint density at radius 2 is 1.74 bits per heavy atom. The molecule has 1 unspecified atom stereocenters. The van der Waals surface area contributed by atoms with E-state index in [1.165, 1.54) is 9.78 Å². The van der Waals surface area contributed by atoms with Crippen LogP contribution in [0.2, 0.25) is 0 Å². The van der Waals surface area contributed by atoms with Gasteiger partial charge in [0.2, 0.25) is 0 Å². The lowest BCUT2D eigenvalue weighted by molar-refractivity contribution is -0.118. The van der Waals surface area contributed by atoms with E-state index in [4.69, 9.17) is 4.74 Å². The number of morpholine rings is 1. The standard InChI is InChI=1S/C31H32N2O5S/c1-19(2)16-26(34)27-28(24-6-4-5-7-25(24)30(36)32-12-14-38-15-13-32)33(31(37)29(27)35)23-10-8-21(9-11-23)22-17-20(3)39-18-22/h4-11,17-19,28,35H,12-16H2,1-3H3. The zero-order valence-electron chi connectivity index (χ0n) is 22.3. The average Bonchev–Trinajstić information content (AvgIpc) is 3.49. The Labute approximate surface area is 232 Å². The summed E-state index contributed by atoms with van der Waals surface area (Å²) in [7, 11) is 0. The summed E-state index contributed by atoms with van der Waals surface area (Å²) in [4.78, 5) is 45.1. The van der Waals surface area contributed by atoms with Crippen LogP contribution in [-0.4, -0.2) is 53.9 Å². The van der Waals surface area contributed by atoms with Crippen molar-refractivity contribution in [2.24, 2.45) is 5.92 Å². The Bertz CT molecular complexity index is 1430. The Morgan fingerprint density at radius 3 is 2.38 bits per heavy atom. The van der Waals surface area contributed by atoms with Crippen molar-refractivity contribution in [2.45, 2.75) is 33.2 Å². The van der Waals surface area contributed by atoms with Gasteiger partial charge in [-0.1, -0.05) is 44.2 Å². The number of nitrogens with zero attached hydrogens (tertiary/aromatic N) is 2. The average molecular weight is 545 g/mol. The lowest BCUT2D eigenvalue weighted by Gasteiger charge is -2.31. The highest BCUT2D eigenvalue weighted by atomic mass is 32.1. The van der Waals surface area contributed by atoms with Gasteiger partial charge in [-0.3, -0.25) is 19.3 Å². The summed E-state index contributed by atoms with van der Waals surface area (Å²) in [5.74, 6) is -1.67. The predicted octanol–water partition coefficient (Wildman–Crippen LogP) is 5.71. The molecule has 202 valence electrons. The van der Waals surface area contributed by atoms with Crippen LogP contribution >= 0.6 is 11.3 Å². The molecule has 39 heavy (non-hydrogen) atoms. The van der Waals surface area contributed by atoms with Crippen LogP contribution in [0, 0.1) is 12.8 Å². The van der Waals surface area contributed by atoms with E-state index >= 15 is 0 Å². The van der Waals surface area contributed by atoms with Crippen LogP contribution in [0.4, 0.5) is 5.69 Å². The number of aryl methyl sites for hydroxylation is 1. The second-order valence-electron chi connectivity index (χ2n) is 10.3. The first-order valence-corrected chi connectivity index (χ1v) is 14.1. The van der Waals surface area contributed by atoms with E-state index in [-0.39, 0.29) is 29.6 Å². The highest BCUT2D eigenvalue weighted by Gasteiger charge is 2.45. The van der Waals surface area contributed by atoms with Crippen molar-refractivity contribution in [1.29, 1.82) is 0 Å². The molecule has 1 aromatic heterocycles. The summed E-state index contributed by atoms with van der Waals surface area (Å²) in [5.41, 5.74) is 3.57. The molecule has 2 aliphatic rings. The number of carbonyl (C=O) groups excluding carboxylic acids is 3. The Hall–Kier alpha value is -3.75. The Morgan fingerprint density at radius 1 is 1.05 bits per heavy atom. The second-order valence-corrected chi connectivity index (χ2v) is 11.5. The van der Waals surface area contributed by atoms with E-state index in [1.807, 2.05) is 38.1 Å². The molecule has 3 aromatic rings. The molecule has 1 N–H and O–H groups in total. The van der Waals surface area contributed by atoms with Crippen molar-refractivity contribution in [3.05, 3.63) is 87.3 Å². The van der Waals surface area contributed by atoms with E-state index < -0.39 is 17.7 Å². The summed E-state index contributed by atoms with van der Waals surface area (Å²) in [6.07, 6.45) is 0.174.